The number of hydrogen-bond acceptors (Lipinski definition) is 4. The van der Waals surface area contributed by atoms with Gasteiger partial charge >= 0.3 is 0 Å². The molecule has 2 heterocycles. The molecule has 1 aliphatic heterocycles. The maximum Gasteiger partial charge on any atom is 0.273 e. The SMILES string of the molecule is CC1CCN(C(=O)c2csc(Nc3ccc(F)cc3F)n2)CC1. The summed E-state index contributed by atoms with van der Waals surface area (Å²) in [6, 6.07) is 3.27. The highest BCUT2D eigenvalue weighted by Crippen LogP contribution is 2.25. The largest absolute Gasteiger partial charge is 0.337 e. The van der Waals surface area contributed by atoms with Crippen LogP contribution in [0.2, 0.25) is 0 Å². The van der Waals surface area contributed by atoms with Crippen LogP contribution in [-0.2, 0) is 0 Å². The van der Waals surface area contributed by atoms with Gasteiger partial charge in [-0.15, -0.1) is 11.3 Å². The van der Waals surface area contributed by atoms with Crippen LogP contribution in [-0.4, -0.2) is 28.9 Å². The smallest absolute Gasteiger partial charge is 0.273 e. The van der Waals surface area contributed by atoms with Gasteiger partial charge in [0.2, 0.25) is 0 Å². The Bertz CT molecular complexity index is 711. The Labute approximate surface area is 137 Å². The highest BCUT2D eigenvalue weighted by molar-refractivity contribution is 7.14. The zero-order valence-electron chi connectivity index (χ0n) is 12.7. The van der Waals surface area contributed by atoms with Crippen LogP contribution in [0.4, 0.5) is 19.6 Å². The van der Waals surface area contributed by atoms with Crippen molar-refractivity contribution in [3.8, 4) is 0 Å². The van der Waals surface area contributed by atoms with Gasteiger partial charge in [-0.25, -0.2) is 13.8 Å². The summed E-state index contributed by atoms with van der Waals surface area (Å²) >= 11 is 1.22. The van der Waals surface area contributed by atoms with E-state index in [0.29, 0.717) is 16.7 Å². The molecule has 3 rings (SSSR count). The minimum atomic E-state index is -0.696. The molecule has 23 heavy (non-hydrogen) atoms. The van der Waals surface area contributed by atoms with Crippen LogP contribution in [0.1, 0.15) is 30.3 Å². The van der Waals surface area contributed by atoms with Crippen molar-refractivity contribution < 1.29 is 13.6 Å². The lowest BCUT2D eigenvalue weighted by molar-refractivity contribution is 0.0692. The van der Waals surface area contributed by atoms with E-state index in [9.17, 15) is 13.6 Å². The lowest BCUT2D eigenvalue weighted by Crippen LogP contribution is -2.38. The first-order valence-electron chi connectivity index (χ1n) is 7.50. The maximum absolute atomic E-state index is 13.6. The monoisotopic (exact) mass is 337 g/mol. The Morgan fingerprint density at radius 3 is 2.78 bits per heavy atom. The van der Waals surface area contributed by atoms with Gasteiger partial charge in [0.05, 0.1) is 5.69 Å². The molecule has 1 fully saturated rings. The number of anilines is 2. The Balaban J connectivity index is 1.69. The van der Waals surface area contributed by atoms with Crippen molar-refractivity contribution in [1.29, 1.82) is 0 Å². The van der Waals surface area contributed by atoms with Gasteiger partial charge in [0.1, 0.15) is 17.3 Å². The molecule has 0 unspecified atom stereocenters. The second kappa shape index (κ2) is 6.62. The van der Waals surface area contributed by atoms with E-state index in [1.54, 1.807) is 10.3 Å². The van der Waals surface area contributed by atoms with Crippen LogP contribution in [0, 0.1) is 17.6 Å². The molecular weight excluding hydrogens is 320 g/mol. The summed E-state index contributed by atoms with van der Waals surface area (Å²) in [6.45, 7) is 3.67. The van der Waals surface area contributed by atoms with Gasteiger partial charge in [-0.05, 0) is 30.9 Å². The molecule has 0 saturated carbocycles. The molecule has 1 aromatic heterocycles. The summed E-state index contributed by atoms with van der Waals surface area (Å²) in [4.78, 5) is 18.4. The number of benzene rings is 1. The molecule has 1 amide bonds. The van der Waals surface area contributed by atoms with Crippen molar-refractivity contribution in [2.75, 3.05) is 18.4 Å². The third-order valence-corrected chi connectivity index (χ3v) is 4.72. The number of carbonyl (C=O) groups excluding carboxylic acids is 1. The van der Waals surface area contributed by atoms with Crippen LogP contribution in [0.25, 0.3) is 0 Å². The van der Waals surface area contributed by atoms with Gasteiger partial charge in [0, 0.05) is 24.5 Å². The van der Waals surface area contributed by atoms with Crippen LogP contribution in [0.15, 0.2) is 23.6 Å². The van der Waals surface area contributed by atoms with Crippen LogP contribution < -0.4 is 5.32 Å². The second-order valence-corrected chi connectivity index (χ2v) is 6.62. The summed E-state index contributed by atoms with van der Waals surface area (Å²) in [7, 11) is 0. The third kappa shape index (κ3) is 3.67. The fourth-order valence-corrected chi connectivity index (χ4v) is 3.21. The summed E-state index contributed by atoms with van der Waals surface area (Å²) in [5, 5.41) is 4.84. The van der Waals surface area contributed by atoms with E-state index < -0.39 is 11.6 Å². The quantitative estimate of drug-likeness (QED) is 0.919. The van der Waals surface area contributed by atoms with Gasteiger partial charge < -0.3 is 10.2 Å². The lowest BCUT2D eigenvalue weighted by atomic mass is 9.99. The lowest BCUT2D eigenvalue weighted by Gasteiger charge is -2.29. The van der Waals surface area contributed by atoms with E-state index in [4.69, 9.17) is 0 Å². The fourth-order valence-electron chi connectivity index (χ4n) is 2.51. The number of rotatable bonds is 3. The third-order valence-electron chi connectivity index (χ3n) is 3.97. The molecule has 0 atom stereocenters. The number of hydrogen-bond donors (Lipinski definition) is 1. The van der Waals surface area contributed by atoms with Crippen molar-refractivity contribution in [3.63, 3.8) is 0 Å². The van der Waals surface area contributed by atoms with Crippen molar-refractivity contribution in [3.05, 3.63) is 40.9 Å². The van der Waals surface area contributed by atoms with E-state index in [-0.39, 0.29) is 11.6 Å². The molecule has 0 spiro atoms. The molecule has 4 nitrogen and oxygen atoms in total. The number of likely N-dealkylation sites (tertiary alicyclic amines) is 1. The Hall–Kier alpha value is -2.02. The van der Waals surface area contributed by atoms with Gasteiger partial charge in [-0.3, -0.25) is 4.79 Å². The van der Waals surface area contributed by atoms with Crippen molar-refractivity contribution in [2.45, 2.75) is 19.8 Å². The molecule has 1 N–H and O–H groups in total. The van der Waals surface area contributed by atoms with E-state index in [1.165, 1.54) is 23.5 Å². The van der Waals surface area contributed by atoms with E-state index in [0.717, 1.165) is 32.0 Å². The Kier molecular flexibility index (Phi) is 4.56. The number of nitrogens with one attached hydrogen (secondary N) is 1. The molecule has 0 aliphatic carbocycles. The molecule has 122 valence electrons. The number of thiazole rings is 1. The normalized spacial score (nSPS) is 15.7. The highest BCUT2D eigenvalue weighted by Gasteiger charge is 2.23. The average molecular weight is 337 g/mol. The summed E-state index contributed by atoms with van der Waals surface area (Å²) in [6.07, 6.45) is 2.00. The standard InChI is InChI=1S/C16H17F2N3OS/c1-10-4-6-21(7-5-10)15(22)14-9-23-16(20-14)19-13-3-2-11(17)8-12(13)18/h2-3,8-10H,4-7H2,1H3,(H,19,20). The molecule has 1 aromatic carbocycles. The van der Waals surface area contributed by atoms with Crippen molar-refractivity contribution >= 4 is 28.1 Å². The second-order valence-electron chi connectivity index (χ2n) is 5.76. The molecular formula is C16H17F2N3OS. The molecule has 1 saturated heterocycles. The molecule has 0 radical (unpaired) electrons. The number of halogens is 2. The average Bonchev–Trinajstić information content (AvgIpc) is 2.99. The zero-order chi connectivity index (χ0) is 16.4. The van der Waals surface area contributed by atoms with E-state index in [2.05, 4.69) is 17.2 Å². The first-order chi connectivity index (χ1) is 11.0. The molecule has 1 aliphatic rings. The number of aromatic nitrogens is 1. The number of carbonyl (C=O) groups is 1. The first kappa shape index (κ1) is 15.9. The minimum Gasteiger partial charge on any atom is -0.337 e. The molecule has 7 heteroatoms. The van der Waals surface area contributed by atoms with Gasteiger partial charge in [0.25, 0.3) is 5.91 Å². The number of nitrogens with zero attached hydrogens (tertiary/aromatic N) is 2. The predicted octanol–water partition coefficient (Wildman–Crippen LogP) is 4.04. The van der Waals surface area contributed by atoms with Crippen molar-refractivity contribution in [1.82, 2.24) is 9.88 Å². The summed E-state index contributed by atoms with van der Waals surface area (Å²) in [5.74, 6) is -0.783. The maximum atomic E-state index is 13.6. The van der Waals surface area contributed by atoms with Gasteiger partial charge in [0.15, 0.2) is 5.13 Å². The van der Waals surface area contributed by atoms with Gasteiger partial charge in [-0.1, -0.05) is 6.92 Å². The fraction of sp³-hybridized carbons (Fsp3) is 0.375. The van der Waals surface area contributed by atoms with Crippen LogP contribution in [0.5, 0.6) is 0 Å². The Morgan fingerprint density at radius 2 is 2.09 bits per heavy atom. The van der Waals surface area contributed by atoms with Gasteiger partial charge in [-0.2, -0.15) is 0 Å². The minimum absolute atomic E-state index is 0.0965. The highest BCUT2D eigenvalue weighted by atomic mass is 32.1. The number of piperidine rings is 1. The van der Waals surface area contributed by atoms with E-state index in [1.807, 2.05) is 0 Å². The first-order valence-corrected chi connectivity index (χ1v) is 8.38. The zero-order valence-corrected chi connectivity index (χ0v) is 13.5. The van der Waals surface area contributed by atoms with Crippen LogP contribution in [0.3, 0.4) is 0 Å². The van der Waals surface area contributed by atoms with E-state index >= 15 is 0 Å². The molecule has 2 aromatic rings. The van der Waals surface area contributed by atoms with Crippen LogP contribution >= 0.6 is 11.3 Å². The Morgan fingerprint density at radius 1 is 1.35 bits per heavy atom. The summed E-state index contributed by atoms with van der Waals surface area (Å²) < 4.78 is 26.5. The van der Waals surface area contributed by atoms with Crippen molar-refractivity contribution in [2.24, 2.45) is 5.92 Å². The molecule has 0 bridgehead atoms. The summed E-state index contributed by atoms with van der Waals surface area (Å²) in [5.41, 5.74) is 0.487. The number of amides is 1. The topological polar surface area (TPSA) is 45.2 Å². The predicted molar refractivity (Wildman–Crippen MR) is 86.1 cm³/mol.